The summed E-state index contributed by atoms with van der Waals surface area (Å²) < 4.78 is 19.7. The molecule has 0 amide bonds. The summed E-state index contributed by atoms with van der Waals surface area (Å²) in [5.41, 5.74) is 4.24. The second-order valence-electron chi connectivity index (χ2n) is 5.62. The van der Waals surface area contributed by atoms with Crippen molar-refractivity contribution in [2.24, 2.45) is 0 Å². The molecular formula is C18H21FO2. The minimum atomic E-state index is -0.790. The van der Waals surface area contributed by atoms with E-state index in [1.54, 1.807) is 19.9 Å². The Labute approximate surface area is 125 Å². The van der Waals surface area contributed by atoms with Crippen molar-refractivity contribution in [2.45, 2.75) is 40.7 Å². The van der Waals surface area contributed by atoms with E-state index in [4.69, 9.17) is 4.74 Å². The Morgan fingerprint density at radius 1 is 0.952 bits per heavy atom. The number of aliphatic hydroxyl groups excluding tert-OH is 1. The third-order valence-corrected chi connectivity index (χ3v) is 3.73. The molecule has 1 unspecified atom stereocenters. The molecule has 0 saturated heterocycles. The van der Waals surface area contributed by atoms with Crippen LogP contribution in [0.25, 0.3) is 0 Å². The normalized spacial score (nSPS) is 12.3. The standard InChI is InChI=1S/C18H21FO2/c1-10-6-11(2)13(4)17(7-10)21-18-8-12(3)16(19)9-15(18)14(5)20/h6-9,14,20H,1-5H3. The highest BCUT2D eigenvalue weighted by Gasteiger charge is 2.15. The molecule has 2 aromatic carbocycles. The van der Waals surface area contributed by atoms with Gasteiger partial charge in [0.2, 0.25) is 0 Å². The number of rotatable bonds is 3. The minimum absolute atomic E-state index is 0.338. The Morgan fingerprint density at radius 3 is 2.24 bits per heavy atom. The van der Waals surface area contributed by atoms with Crippen LogP contribution in [0.5, 0.6) is 11.5 Å². The monoisotopic (exact) mass is 288 g/mol. The molecule has 3 heteroatoms. The van der Waals surface area contributed by atoms with Crippen molar-refractivity contribution in [2.75, 3.05) is 0 Å². The molecule has 0 aliphatic carbocycles. The quantitative estimate of drug-likeness (QED) is 0.870. The van der Waals surface area contributed by atoms with E-state index in [0.29, 0.717) is 16.9 Å². The average molecular weight is 288 g/mol. The van der Waals surface area contributed by atoms with Crippen LogP contribution in [-0.4, -0.2) is 5.11 Å². The number of benzene rings is 2. The van der Waals surface area contributed by atoms with Gasteiger partial charge in [0.1, 0.15) is 17.3 Å². The van der Waals surface area contributed by atoms with Gasteiger partial charge in [-0.2, -0.15) is 0 Å². The lowest BCUT2D eigenvalue weighted by Crippen LogP contribution is -2.00. The highest BCUT2D eigenvalue weighted by molar-refractivity contribution is 5.47. The number of aliphatic hydroxyl groups is 1. The number of hydrogen-bond donors (Lipinski definition) is 1. The lowest BCUT2D eigenvalue weighted by atomic mass is 10.0. The summed E-state index contributed by atoms with van der Waals surface area (Å²) in [6, 6.07) is 7.02. The fourth-order valence-corrected chi connectivity index (χ4v) is 2.31. The molecule has 0 heterocycles. The van der Waals surface area contributed by atoms with Crippen molar-refractivity contribution in [3.63, 3.8) is 0 Å². The van der Waals surface area contributed by atoms with E-state index < -0.39 is 6.10 Å². The molecule has 2 rings (SSSR count). The molecule has 1 atom stereocenters. The van der Waals surface area contributed by atoms with Crippen LogP contribution in [0.4, 0.5) is 4.39 Å². The maximum Gasteiger partial charge on any atom is 0.133 e. The fraction of sp³-hybridized carbons (Fsp3) is 0.333. The summed E-state index contributed by atoms with van der Waals surface area (Å²) in [4.78, 5) is 0. The molecule has 0 saturated carbocycles. The average Bonchev–Trinajstić information content (AvgIpc) is 2.39. The van der Waals surface area contributed by atoms with Crippen LogP contribution in [0.2, 0.25) is 0 Å². The molecular weight excluding hydrogens is 267 g/mol. The predicted octanol–water partition coefficient (Wildman–Crippen LogP) is 4.90. The summed E-state index contributed by atoms with van der Waals surface area (Å²) in [6.45, 7) is 9.31. The Hall–Kier alpha value is -1.87. The SMILES string of the molecule is Cc1cc(C)c(C)c(Oc2cc(C)c(F)cc2C(C)O)c1. The van der Waals surface area contributed by atoms with Crippen LogP contribution in [0.1, 0.15) is 40.8 Å². The number of halogens is 1. The molecule has 0 spiro atoms. The summed E-state index contributed by atoms with van der Waals surface area (Å²) in [6.07, 6.45) is -0.790. The second kappa shape index (κ2) is 5.86. The van der Waals surface area contributed by atoms with Gasteiger partial charge in [0.05, 0.1) is 6.10 Å². The molecule has 0 bridgehead atoms. The van der Waals surface area contributed by atoms with Crippen LogP contribution in [0.3, 0.4) is 0 Å². The van der Waals surface area contributed by atoms with Gasteiger partial charge < -0.3 is 9.84 Å². The molecule has 0 aliphatic rings. The van der Waals surface area contributed by atoms with E-state index in [2.05, 4.69) is 6.07 Å². The third kappa shape index (κ3) is 3.24. The van der Waals surface area contributed by atoms with Gasteiger partial charge in [-0.1, -0.05) is 6.07 Å². The lowest BCUT2D eigenvalue weighted by molar-refractivity contribution is 0.195. The summed E-state index contributed by atoms with van der Waals surface area (Å²) in [5.74, 6) is 0.896. The topological polar surface area (TPSA) is 29.5 Å². The molecule has 112 valence electrons. The first-order valence-electron chi connectivity index (χ1n) is 7.03. The van der Waals surface area contributed by atoms with Gasteiger partial charge >= 0.3 is 0 Å². The number of hydrogen-bond acceptors (Lipinski definition) is 2. The van der Waals surface area contributed by atoms with Crippen molar-refractivity contribution in [1.82, 2.24) is 0 Å². The van der Waals surface area contributed by atoms with Crippen LogP contribution in [0, 0.1) is 33.5 Å². The molecule has 0 fully saturated rings. The van der Waals surface area contributed by atoms with Crippen LogP contribution < -0.4 is 4.74 Å². The largest absolute Gasteiger partial charge is 0.457 e. The second-order valence-corrected chi connectivity index (χ2v) is 5.62. The smallest absolute Gasteiger partial charge is 0.133 e. The van der Waals surface area contributed by atoms with Crippen molar-refractivity contribution < 1.29 is 14.2 Å². The highest BCUT2D eigenvalue weighted by Crippen LogP contribution is 2.34. The maximum atomic E-state index is 13.7. The Kier molecular flexibility index (Phi) is 4.33. The van der Waals surface area contributed by atoms with Crippen LogP contribution in [-0.2, 0) is 0 Å². The van der Waals surface area contributed by atoms with Gasteiger partial charge in [-0.05, 0) is 75.1 Å². The zero-order chi connectivity index (χ0) is 15.7. The van der Waals surface area contributed by atoms with E-state index in [1.807, 2.05) is 26.8 Å². The zero-order valence-corrected chi connectivity index (χ0v) is 13.1. The minimum Gasteiger partial charge on any atom is -0.457 e. The van der Waals surface area contributed by atoms with Gasteiger partial charge in [0.25, 0.3) is 0 Å². The van der Waals surface area contributed by atoms with Gasteiger partial charge in [-0.3, -0.25) is 0 Å². The molecule has 0 aliphatic heterocycles. The van der Waals surface area contributed by atoms with E-state index in [9.17, 15) is 9.50 Å². The van der Waals surface area contributed by atoms with Crippen LogP contribution >= 0.6 is 0 Å². The molecule has 2 aromatic rings. The first-order valence-corrected chi connectivity index (χ1v) is 7.03. The van der Waals surface area contributed by atoms with Crippen molar-refractivity contribution >= 4 is 0 Å². The third-order valence-electron chi connectivity index (χ3n) is 3.73. The molecule has 0 radical (unpaired) electrons. The van der Waals surface area contributed by atoms with E-state index in [1.165, 1.54) is 6.07 Å². The van der Waals surface area contributed by atoms with Crippen molar-refractivity contribution in [1.29, 1.82) is 0 Å². The van der Waals surface area contributed by atoms with E-state index in [0.717, 1.165) is 22.4 Å². The molecule has 1 N–H and O–H groups in total. The summed E-state index contributed by atoms with van der Waals surface area (Å²) >= 11 is 0. The Balaban J connectivity index is 2.51. The highest BCUT2D eigenvalue weighted by atomic mass is 19.1. The molecule has 0 aromatic heterocycles. The van der Waals surface area contributed by atoms with Crippen molar-refractivity contribution in [3.8, 4) is 11.5 Å². The zero-order valence-electron chi connectivity index (χ0n) is 13.1. The Morgan fingerprint density at radius 2 is 1.62 bits per heavy atom. The van der Waals surface area contributed by atoms with E-state index in [-0.39, 0.29) is 5.82 Å². The summed E-state index contributed by atoms with van der Waals surface area (Å²) in [7, 11) is 0. The van der Waals surface area contributed by atoms with Gasteiger partial charge in [-0.15, -0.1) is 0 Å². The number of aryl methyl sites for hydroxylation is 3. The lowest BCUT2D eigenvalue weighted by Gasteiger charge is -2.17. The van der Waals surface area contributed by atoms with Gasteiger partial charge in [-0.25, -0.2) is 4.39 Å². The first-order chi connectivity index (χ1) is 9.79. The van der Waals surface area contributed by atoms with E-state index >= 15 is 0 Å². The fourth-order valence-electron chi connectivity index (χ4n) is 2.31. The van der Waals surface area contributed by atoms with Crippen molar-refractivity contribution in [3.05, 3.63) is 57.9 Å². The summed E-state index contributed by atoms with van der Waals surface area (Å²) in [5, 5.41) is 9.83. The predicted molar refractivity (Wildman–Crippen MR) is 82.5 cm³/mol. The van der Waals surface area contributed by atoms with Gasteiger partial charge in [0.15, 0.2) is 0 Å². The number of ether oxygens (including phenoxy) is 1. The molecule has 2 nitrogen and oxygen atoms in total. The first kappa shape index (κ1) is 15.5. The maximum absolute atomic E-state index is 13.7. The molecule has 21 heavy (non-hydrogen) atoms. The van der Waals surface area contributed by atoms with Crippen LogP contribution in [0.15, 0.2) is 24.3 Å². The Bertz CT molecular complexity index is 675. The van der Waals surface area contributed by atoms with Gasteiger partial charge in [0, 0.05) is 5.56 Å².